The van der Waals surface area contributed by atoms with Crippen LogP contribution in [0.2, 0.25) is 0 Å². The smallest absolute Gasteiger partial charge is 0.00773 e. The number of hydrogen-bond donors (Lipinski definition) is 1. The lowest BCUT2D eigenvalue weighted by molar-refractivity contribution is 0.613. The Morgan fingerprint density at radius 2 is 1.29 bits per heavy atom. The summed E-state index contributed by atoms with van der Waals surface area (Å²) in [5, 5.41) is 0. The predicted octanol–water partition coefficient (Wildman–Crippen LogP) is 3.81. The highest BCUT2D eigenvalue weighted by Crippen LogP contribution is 2.35. The van der Waals surface area contributed by atoms with Crippen molar-refractivity contribution in [2.45, 2.75) is 52.4 Å². The van der Waals surface area contributed by atoms with Gasteiger partial charge in [0, 0.05) is 0 Å². The minimum atomic E-state index is 0.396. The van der Waals surface area contributed by atoms with Crippen LogP contribution in [0.3, 0.4) is 0 Å². The molecule has 0 aliphatic rings. The third-order valence-corrected chi connectivity index (χ3v) is 5.56. The lowest BCUT2D eigenvalue weighted by Gasteiger charge is -2.12. The first-order valence-corrected chi connectivity index (χ1v) is 8.17. The Balaban J connectivity index is 3.04. The van der Waals surface area contributed by atoms with Gasteiger partial charge < -0.3 is 5.73 Å². The van der Waals surface area contributed by atoms with E-state index in [2.05, 4.69) is 13.8 Å². The molecule has 0 rings (SSSR count). The Hall–Kier alpha value is 0.390. The molecule has 0 aliphatic heterocycles. The maximum absolute atomic E-state index is 5.45. The average molecular weight is 217 g/mol. The maximum atomic E-state index is 5.45. The molecule has 1 nitrogen and oxygen atoms in total. The summed E-state index contributed by atoms with van der Waals surface area (Å²) in [6, 6.07) is 0. The van der Waals surface area contributed by atoms with Crippen LogP contribution in [-0.2, 0) is 0 Å². The first-order chi connectivity index (χ1) is 6.85. The molecule has 0 atom stereocenters. The van der Waals surface area contributed by atoms with E-state index in [1.807, 2.05) is 0 Å². The topological polar surface area (TPSA) is 26.0 Å². The molecule has 0 saturated carbocycles. The highest BCUT2D eigenvalue weighted by Gasteiger charge is 2.00. The summed E-state index contributed by atoms with van der Waals surface area (Å²) in [6.45, 7) is 5.56. The van der Waals surface area contributed by atoms with E-state index < -0.39 is 0 Å². The molecule has 0 aromatic heterocycles. The second-order valence-electron chi connectivity index (χ2n) is 3.94. The highest BCUT2D eigenvalue weighted by molar-refractivity contribution is 7.57. The van der Waals surface area contributed by atoms with Gasteiger partial charge in [-0.3, -0.25) is 0 Å². The summed E-state index contributed by atoms with van der Waals surface area (Å²) in [4.78, 5) is 0. The number of unbranched alkanes of at least 4 members (excludes halogenated alkanes) is 5. The van der Waals surface area contributed by atoms with Crippen molar-refractivity contribution in [3.63, 3.8) is 0 Å². The molecule has 0 radical (unpaired) electrons. The second-order valence-corrected chi connectivity index (χ2v) is 6.99. The van der Waals surface area contributed by atoms with E-state index >= 15 is 0 Å². The molecule has 0 aromatic rings. The molecule has 2 N–H and O–H groups in total. The first-order valence-electron chi connectivity index (χ1n) is 6.27. The third kappa shape index (κ3) is 8.97. The summed E-state index contributed by atoms with van der Waals surface area (Å²) in [7, 11) is 0.396. The number of rotatable bonds is 10. The molecular formula is C12H28NP. The van der Waals surface area contributed by atoms with Crippen molar-refractivity contribution < 1.29 is 0 Å². The lowest BCUT2D eigenvalue weighted by Crippen LogP contribution is -1.97. The summed E-state index contributed by atoms with van der Waals surface area (Å²) in [6.07, 6.45) is 12.7. The van der Waals surface area contributed by atoms with E-state index in [0.29, 0.717) is 7.92 Å². The molecule has 0 amide bonds. The van der Waals surface area contributed by atoms with Gasteiger partial charge in [-0.05, 0) is 37.9 Å². The summed E-state index contributed by atoms with van der Waals surface area (Å²) < 4.78 is 0. The Bertz CT molecular complexity index is 102. The predicted molar refractivity (Wildman–Crippen MR) is 69.6 cm³/mol. The van der Waals surface area contributed by atoms with Crippen molar-refractivity contribution in [1.82, 2.24) is 0 Å². The molecule has 2 heteroatoms. The number of hydrogen-bond acceptors (Lipinski definition) is 1. The molecule has 0 fully saturated rings. The Labute approximate surface area is 91.6 Å². The van der Waals surface area contributed by atoms with E-state index in [1.165, 1.54) is 57.0 Å². The van der Waals surface area contributed by atoms with E-state index in [4.69, 9.17) is 5.73 Å². The van der Waals surface area contributed by atoms with Crippen LogP contribution in [0.25, 0.3) is 0 Å². The van der Waals surface area contributed by atoms with Gasteiger partial charge in [0.2, 0.25) is 0 Å². The monoisotopic (exact) mass is 217 g/mol. The fourth-order valence-corrected chi connectivity index (χ4v) is 3.48. The van der Waals surface area contributed by atoms with E-state index in [9.17, 15) is 0 Å². The van der Waals surface area contributed by atoms with Crippen LogP contribution in [-0.4, -0.2) is 25.0 Å². The normalized spacial score (nSPS) is 11.1. The van der Waals surface area contributed by atoms with Crippen molar-refractivity contribution in [1.29, 1.82) is 0 Å². The molecule has 0 aliphatic carbocycles. The van der Waals surface area contributed by atoms with Gasteiger partial charge in [0.25, 0.3) is 0 Å². The number of nitrogens with two attached hydrogens (primary N) is 1. The van der Waals surface area contributed by atoms with Crippen molar-refractivity contribution in [3.05, 3.63) is 0 Å². The van der Waals surface area contributed by atoms with E-state index in [0.717, 1.165) is 6.54 Å². The molecule has 0 heterocycles. The maximum Gasteiger partial charge on any atom is -0.00773 e. The lowest BCUT2D eigenvalue weighted by atomic mass is 10.1. The van der Waals surface area contributed by atoms with E-state index in [1.54, 1.807) is 0 Å². The first kappa shape index (κ1) is 14.4. The Kier molecular flexibility index (Phi) is 11.8. The van der Waals surface area contributed by atoms with Gasteiger partial charge in [0.05, 0.1) is 0 Å². The molecule has 86 valence electrons. The van der Waals surface area contributed by atoms with E-state index in [-0.39, 0.29) is 0 Å². The quantitative estimate of drug-likeness (QED) is 0.437. The van der Waals surface area contributed by atoms with Gasteiger partial charge >= 0.3 is 0 Å². The van der Waals surface area contributed by atoms with Gasteiger partial charge in [-0.15, -0.1) is 7.92 Å². The summed E-state index contributed by atoms with van der Waals surface area (Å²) >= 11 is 0. The molecular weight excluding hydrogens is 189 g/mol. The molecule has 14 heavy (non-hydrogen) atoms. The van der Waals surface area contributed by atoms with Crippen LogP contribution in [0, 0.1) is 0 Å². The second kappa shape index (κ2) is 11.5. The van der Waals surface area contributed by atoms with Gasteiger partial charge in [-0.25, -0.2) is 0 Å². The minimum absolute atomic E-state index is 0.396. The van der Waals surface area contributed by atoms with Crippen LogP contribution in [0.15, 0.2) is 0 Å². The van der Waals surface area contributed by atoms with Gasteiger partial charge in [-0.1, -0.05) is 39.5 Å². The summed E-state index contributed by atoms with van der Waals surface area (Å²) in [5.74, 6) is 0. The summed E-state index contributed by atoms with van der Waals surface area (Å²) in [5.41, 5.74) is 5.45. The zero-order valence-corrected chi connectivity index (χ0v) is 11.0. The average Bonchev–Trinajstić information content (AvgIpc) is 2.22. The van der Waals surface area contributed by atoms with Crippen LogP contribution >= 0.6 is 7.92 Å². The molecule has 0 spiro atoms. The van der Waals surface area contributed by atoms with Crippen LogP contribution in [0.5, 0.6) is 0 Å². The Morgan fingerprint density at radius 1 is 0.786 bits per heavy atom. The van der Waals surface area contributed by atoms with Gasteiger partial charge in [0.1, 0.15) is 0 Å². The van der Waals surface area contributed by atoms with Crippen molar-refractivity contribution >= 4 is 7.92 Å². The van der Waals surface area contributed by atoms with Crippen LogP contribution in [0.1, 0.15) is 52.4 Å². The zero-order chi connectivity index (χ0) is 10.6. The zero-order valence-electron chi connectivity index (χ0n) is 10.1. The van der Waals surface area contributed by atoms with Crippen molar-refractivity contribution in [2.24, 2.45) is 5.73 Å². The molecule has 0 unspecified atom stereocenters. The molecule has 0 saturated heterocycles. The molecule has 0 aromatic carbocycles. The van der Waals surface area contributed by atoms with Crippen LogP contribution < -0.4 is 5.73 Å². The van der Waals surface area contributed by atoms with Gasteiger partial charge in [0.15, 0.2) is 0 Å². The standard InChI is InChI=1S/C12H28NP/c1-3-14(4-2)12-10-8-6-5-7-9-11-13/h3-13H2,1-2H3. The van der Waals surface area contributed by atoms with Crippen molar-refractivity contribution in [2.75, 3.05) is 25.0 Å². The van der Waals surface area contributed by atoms with Crippen molar-refractivity contribution in [3.8, 4) is 0 Å². The highest BCUT2D eigenvalue weighted by atomic mass is 31.1. The Morgan fingerprint density at radius 3 is 1.79 bits per heavy atom. The van der Waals surface area contributed by atoms with Crippen LogP contribution in [0.4, 0.5) is 0 Å². The minimum Gasteiger partial charge on any atom is -0.330 e. The third-order valence-electron chi connectivity index (χ3n) is 2.82. The largest absolute Gasteiger partial charge is 0.330 e. The van der Waals surface area contributed by atoms with Gasteiger partial charge in [-0.2, -0.15) is 0 Å². The SMILES string of the molecule is CCP(CC)CCCCCCCCN. The fraction of sp³-hybridized carbons (Fsp3) is 1.00. The molecule has 0 bridgehead atoms. The fourth-order valence-electron chi connectivity index (χ4n) is 1.73.